The van der Waals surface area contributed by atoms with Gasteiger partial charge in [0.25, 0.3) is 0 Å². The number of carbonyl (C=O) groups is 4. The number of fused-ring (bicyclic) bond motifs is 2. The zero-order valence-electron chi connectivity index (χ0n) is 23.4. The maximum atomic E-state index is 14.2. The normalized spacial score (nSPS) is 32.7. The van der Waals surface area contributed by atoms with Crippen LogP contribution in [0.3, 0.4) is 0 Å². The number of β-amino-alcohol motifs (C(OH)–C–C–N with tert-alkyl or cyclic N) is 1. The van der Waals surface area contributed by atoms with Gasteiger partial charge in [0.15, 0.2) is 0 Å². The van der Waals surface area contributed by atoms with E-state index < -0.39 is 41.5 Å². The summed E-state index contributed by atoms with van der Waals surface area (Å²) in [6.45, 7) is 2.48. The van der Waals surface area contributed by atoms with E-state index in [4.69, 9.17) is 9.47 Å². The van der Waals surface area contributed by atoms with E-state index in [0.29, 0.717) is 19.5 Å². The SMILES string of the molecule is CCCCCN1C/C=C\CCC(=O)OC[C@H](c2ccccc2)NC(=O)[C@@H]2[C@H]3C(=O)N(CCO)[C@H](C1=O)[C@]31C=C[C@H]2O1. The van der Waals surface area contributed by atoms with Crippen molar-refractivity contribution in [1.82, 2.24) is 15.1 Å². The summed E-state index contributed by atoms with van der Waals surface area (Å²) >= 11 is 0. The first-order valence-corrected chi connectivity index (χ1v) is 14.6. The fraction of sp³-hybridized carbons (Fsp3) is 0.548. The highest BCUT2D eigenvalue weighted by atomic mass is 16.5. The van der Waals surface area contributed by atoms with Crippen molar-refractivity contribution in [2.24, 2.45) is 11.8 Å². The molecule has 2 fully saturated rings. The van der Waals surface area contributed by atoms with Gasteiger partial charge in [-0.1, -0.05) is 74.4 Å². The number of nitrogens with zero attached hydrogens (tertiary/aromatic N) is 2. The maximum absolute atomic E-state index is 14.2. The lowest BCUT2D eigenvalue weighted by Crippen LogP contribution is -2.56. The Hall–Kier alpha value is -3.50. The number of allylic oxidation sites excluding steroid dienone is 1. The highest BCUT2D eigenvalue weighted by molar-refractivity contribution is 6.00. The molecule has 2 N–H and O–H groups in total. The van der Waals surface area contributed by atoms with Gasteiger partial charge in [0, 0.05) is 26.1 Å². The molecule has 5 bridgehead atoms. The van der Waals surface area contributed by atoms with Crippen molar-refractivity contribution in [2.45, 2.75) is 62.8 Å². The molecule has 41 heavy (non-hydrogen) atoms. The Bertz CT molecular complexity index is 1200. The van der Waals surface area contributed by atoms with Crippen molar-refractivity contribution in [1.29, 1.82) is 0 Å². The molecule has 6 atom stereocenters. The van der Waals surface area contributed by atoms with Crippen LogP contribution in [0.25, 0.3) is 0 Å². The Morgan fingerprint density at radius 3 is 2.61 bits per heavy atom. The number of esters is 1. The van der Waals surface area contributed by atoms with Crippen LogP contribution < -0.4 is 5.32 Å². The van der Waals surface area contributed by atoms with Gasteiger partial charge >= 0.3 is 5.97 Å². The summed E-state index contributed by atoms with van der Waals surface area (Å²) in [6.07, 6.45) is 9.92. The molecule has 5 rings (SSSR count). The Kier molecular flexibility index (Phi) is 8.89. The summed E-state index contributed by atoms with van der Waals surface area (Å²) in [4.78, 5) is 57.7. The van der Waals surface area contributed by atoms with Gasteiger partial charge in [-0.2, -0.15) is 0 Å². The van der Waals surface area contributed by atoms with E-state index in [0.717, 1.165) is 24.8 Å². The lowest BCUT2D eigenvalue weighted by atomic mass is 9.74. The monoisotopic (exact) mass is 565 g/mol. The number of likely N-dealkylation sites (tertiary alicyclic amines) is 1. The number of aliphatic hydroxyl groups excluding tert-OH is 1. The van der Waals surface area contributed by atoms with Gasteiger partial charge in [0.2, 0.25) is 17.7 Å². The highest BCUT2D eigenvalue weighted by Gasteiger charge is 2.73. The topological polar surface area (TPSA) is 125 Å². The van der Waals surface area contributed by atoms with Crippen LogP contribution >= 0.6 is 0 Å². The first kappa shape index (κ1) is 29.0. The standard InChI is InChI=1S/C31H39N3O7/c1-2-3-9-16-33-17-10-5-8-13-24(36)40-20-22(21-11-6-4-7-12-21)32-28(37)25-23-14-15-31(41-23)26(25)29(38)34(18-19-35)27(31)30(33)39/h4-7,10-12,14-15,22-23,25-27,35H,2-3,8-9,13,16-20H2,1H3,(H,32,37)/b10-5-/t22-,23-,25+,26+,27-,31+/m1/s1. The second kappa shape index (κ2) is 12.6. The minimum absolute atomic E-state index is 0.0368. The van der Waals surface area contributed by atoms with E-state index in [1.54, 1.807) is 17.1 Å². The number of hydrogen-bond acceptors (Lipinski definition) is 7. The van der Waals surface area contributed by atoms with Gasteiger partial charge in [-0.3, -0.25) is 19.2 Å². The Morgan fingerprint density at radius 1 is 1.05 bits per heavy atom. The number of rotatable bonds is 7. The van der Waals surface area contributed by atoms with Crippen molar-refractivity contribution in [3.05, 3.63) is 60.2 Å². The maximum Gasteiger partial charge on any atom is 0.306 e. The number of amides is 3. The Labute approximate surface area is 240 Å². The number of ether oxygens (including phenoxy) is 2. The smallest absolute Gasteiger partial charge is 0.306 e. The van der Waals surface area contributed by atoms with Gasteiger partial charge in [0.1, 0.15) is 18.2 Å². The van der Waals surface area contributed by atoms with E-state index in [1.165, 1.54) is 4.90 Å². The second-order valence-electron chi connectivity index (χ2n) is 11.1. The molecule has 1 spiro atoms. The quantitative estimate of drug-likeness (QED) is 0.294. The van der Waals surface area contributed by atoms with Crippen LogP contribution in [-0.2, 0) is 28.7 Å². The van der Waals surface area contributed by atoms with Crippen LogP contribution in [0.15, 0.2) is 54.6 Å². The molecular weight excluding hydrogens is 526 g/mol. The molecule has 2 saturated heterocycles. The summed E-state index contributed by atoms with van der Waals surface area (Å²) in [7, 11) is 0. The minimum atomic E-state index is -1.30. The molecule has 3 amide bonds. The van der Waals surface area contributed by atoms with Gasteiger partial charge < -0.3 is 29.7 Å². The molecule has 10 heteroatoms. The molecule has 4 aliphatic heterocycles. The van der Waals surface area contributed by atoms with Crippen molar-refractivity contribution < 1.29 is 33.8 Å². The van der Waals surface area contributed by atoms with Gasteiger partial charge in [-0.05, 0) is 18.4 Å². The molecule has 1 aromatic rings. The fourth-order valence-corrected chi connectivity index (χ4v) is 6.56. The van der Waals surface area contributed by atoms with E-state index in [2.05, 4.69) is 12.2 Å². The molecule has 4 aliphatic rings. The van der Waals surface area contributed by atoms with Crippen molar-refractivity contribution in [3.63, 3.8) is 0 Å². The molecule has 0 radical (unpaired) electrons. The summed E-state index contributed by atoms with van der Waals surface area (Å²) < 4.78 is 12.0. The van der Waals surface area contributed by atoms with Crippen LogP contribution in [0.4, 0.5) is 0 Å². The predicted octanol–water partition coefficient (Wildman–Crippen LogP) is 1.90. The second-order valence-corrected chi connectivity index (χ2v) is 11.1. The molecule has 10 nitrogen and oxygen atoms in total. The van der Waals surface area contributed by atoms with Gasteiger partial charge in [-0.15, -0.1) is 0 Å². The van der Waals surface area contributed by atoms with E-state index in [9.17, 15) is 24.3 Å². The average Bonchev–Trinajstić information content (AvgIpc) is 3.61. The third-order valence-corrected chi connectivity index (χ3v) is 8.53. The van der Waals surface area contributed by atoms with Crippen molar-refractivity contribution in [2.75, 3.05) is 32.8 Å². The number of cyclic esters (lactones) is 1. The Morgan fingerprint density at radius 2 is 1.85 bits per heavy atom. The Balaban J connectivity index is 1.52. The third-order valence-electron chi connectivity index (χ3n) is 8.53. The summed E-state index contributed by atoms with van der Waals surface area (Å²) in [6, 6.07) is 7.59. The zero-order chi connectivity index (χ0) is 29.0. The number of hydrogen-bond donors (Lipinski definition) is 2. The van der Waals surface area contributed by atoms with Gasteiger partial charge in [0.05, 0.1) is 30.6 Å². The molecule has 4 heterocycles. The molecule has 1 aromatic carbocycles. The molecule has 0 saturated carbocycles. The lowest BCUT2D eigenvalue weighted by molar-refractivity contribution is -0.148. The minimum Gasteiger partial charge on any atom is -0.463 e. The van der Waals surface area contributed by atoms with E-state index in [-0.39, 0.29) is 44.0 Å². The molecule has 0 unspecified atom stereocenters. The third kappa shape index (κ3) is 5.55. The largest absolute Gasteiger partial charge is 0.463 e. The molecule has 0 aromatic heterocycles. The molecule has 220 valence electrons. The van der Waals surface area contributed by atoms with Crippen LogP contribution in [0, 0.1) is 11.8 Å². The van der Waals surface area contributed by atoms with Crippen LogP contribution in [0.5, 0.6) is 0 Å². The van der Waals surface area contributed by atoms with Crippen molar-refractivity contribution in [3.8, 4) is 0 Å². The number of benzene rings is 1. The first-order valence-electron chi connectivity index (χ1n) is 14.6. The predicted molar refractivity (Wildman–Crippen MR) is 149 cm³/mol. The van der Waals surface area contributed by atoms with E-state index in [1.807, 2.05) is 42.5 Å². The summed E-state index contributed by atoms with van der Waals surface area (Å²) in [5.41, 5.74) is -0.540. The van der Waals surface area contributed by atoms with Crippen LogP contribution in [0.1, 0.15) is 50.6 Å². The number of nitrogens with one attached hydrogen (secondary N) is 1. The number of carbonyl (C=O) groups excluding carboxylic acids is 4. The lowest BCUT2D eigenvalue weighted by Gasteiger charge is -2.35. The van der Waals surface area contributed by atoms with Crippen LogP contribution in [0.2, 0.25) is 0 Å². The van der Waals surface area contributed by atoms with Crippen molar-refractivity contribution >= 4 is 23.7 Å². The summed E-state index contributed by atoms with van der Waals surface area (Å²) in [5.74, 6) is -3.24. The average molecular weight is 566 g/mol. The molecular formula is C31H39N3O7. The highest BCUT2D eigenvalue weighted by Crippen LogP contribution is 2.55. The van der Waals surface area contributed by atoms with Gasteiger partial charge in [-0.25, -0.2) is 0 Å². The number of aliphatic hydroxyl groups is 1. The summed E-state index contributed by atoms with van der Waals surface area (Å²) in [5, 5.41) is 12.9. The molecule has 0 aliphatic carbocycles. The van der Waals surface area contributed by atoms with E-state index >= 15 is 0 Å². The number of unbranched alkanes of at least 4 members (excludes halogenated alkanes) is 2. The van der Waals surface area contributed by atoms with Crippen LogP contribution in [-0.4, -0.2) is 89.2 Å². The zero-order valence-corrected chi connectivity index (χ0v) is 23.4. The first-order chi connectivity index (χ1) is 19.9. The fourth-order valence-electron chi connectivity index (χ4n) is 6.56.